The Morgan fingerprint density at radius 1 is 1.14 bits per heavy atom. The summed E-state index contributed by atoms with van der Waals surface area (Å²) >= 11 is 0. The Kier molecular flexibility index (Phi) is 6.78. The van der Waals surface area contributed by atoms with E-state index in [4.69, 9.17) is 5.10 Å². The van der Waals surface area contributed by atoms with Crippen molar-refractivity contribution in [3.05, 3.63) is 46.8 Å². The SMILES string of the molecule is CNCC1CCN(C(=O)c2nn(-c3ccc(C)cc3)c3c2CCCC3)CC1.Cl. The quantitative estimate of drug-likeness (QED) is 0.850. The highest BCUT2D eigenvalue weighted by molar-refractivity contribution is 5.94. The van der Waals surface area contributed by atoms with Crippen molar-refractivity contribution in [2.24, 2.45) is 5.92 Å². The largest absolute Gasteiger partial charge is 0.337 e. The number of aromatic nitrogens is 2. The van der Waals surface area contributed by atoms with Crippen molar-refractivity contribution >= 4 is 18.3 Å². The lowest BCUT2D eigenvalue weighted by atomic mass is 9.94. The molecule has 1 aromatic heterocycles. The van der Waals surface area contributed by atoms with E-state index in [1.807, 2.05) is 16.6 Å². The normalized spacial score (nSPS) is 17.1. The van der Waals surface area contributed by atoms with Crippen LogP contribution in [0.25, 0.3) is 5.69 Å². The molecule has 1 aliphatic carbocycles. The van der Waals surface area contributed by atoms with Crippen molar-refractivity contribution in [1.82, 2.24) is 20.0 Å². The monoisotopic (exact) mass is 402 g/mol. The summed E-state index contributed by atoms with van der Waals surface area (Å²) in [6.07, 6.45) is 6.46. The molecule has 1 N–H and O–H groups in total. The molecule has 1 aliphatic heterocycles. The molecule has 0 saturated carbocycles. The topological polar surface area (TPSA) is 50.2 Å². The minimum Gasteiger partial charge on any atom is -0.337 e. The van der Waals surface area contributed by atoms with E-state index in [-0.39, 0.29) is 18.3 Å². The van der Waals surface area contributed by atoms with E-state index in [9.17, 15) is 4.79 Å². The average molecular weight is 403 g/mol. The number of nitrogens with zero attached hydrogens (tertiary/aromatic N) is 3. The lowest BCUT2D eigenvalue weighted by Crippen LogP contribution is -2.41. The minimum atomic E-state index is 0. The zero-order chi connectivity index (χ0) is 18.8. The van der Waals surface area contributed by atoms with Gasteiger partial charge in [0, 0.05) is 24.3 Å². The molecule has 2 aliphatic rings. The van der Waals surface area contributed by atoms with Gasteiger partial charge >= 0.3 is 0 Å². The van der Waals surface area contributed by atoms with E-state index < -0.39 is 0 Å². The predicted molar refractivity (Wildman–Crippen MR) is 115 cm³/mol. The van der Waals surface area contributed by atoms with Crippen LogP contribution in [0, 0.1) is 12.8 Å². The number of benzene rings is 1. The summed E-state index contributed by atoms with van der Waals surface area (Å²) in [7, 11) is 2.00. The van der Waals surface area contributed by atoms with Gasteiger partial charge in [-0.3, -0.25) is 4.79 Å². The maximum Gasteiger partial charge on any atom is 0.274 e. The molecule has 1 amide bonds. The first-order chi connectivity index (χ1) is 13.2. The van der Waals surface area contributed by atoms with Gasteiger partial charge in [-0.15, -0.1) is 12.4 Å². The van der Waals surface area contributed by atoms with Crippen LogP contribution < -0.4 is 5.32 Å². The van der Waals surface area contributed by atoms with Crippen molar-refractivity contribution < 1.29 is 4.79 Å². The van der Waals surface area contributed by atoms with Crippen LogP contribution in [-0.4, -0.2) is 47.3 Å². The van der Waals surface area contributed by atoms with Gasteiger partial charge in [-0.1, -0.05) is 17.7 Å². The Bertz CT molecular complexity index is 807. The number of halogens is 1. The fraction of sp³-hybridized carbons (Fsp3) is 0.545. The number of likely N-dealkylation sites (tertiary alicyclic amines) is 1. The van der Waals surface area contributed by atoms with Crippen molar-refractivity contribution in [1.29, 1.82) is 0 Å². The number of piperidine rings is 1. The molecule has 0 radical (unpaired) electrons. The molecular weight excluding hydrogens is 372 g/mol. The predicted octanol–water partition coefficient (Wildman–Crippen LogP) is 3.55. The Morgan fingerprint density at radius 3 is 2.50 bits per heavy atom. The second kappa shape index (κ2) is 9.10. The van der Waals surface area contributed by atoms with Crippen LogP contribution in [-0.2, 0) is 12.8 Å². The van der Waals surface area contributed by atoms with E-state index >= 15 is 0 Å². The molecule has 28 heavy (non-hydrogen) atoms. The minimum absolute atomic E-state index is 0. The van der Waals surface area contributed by atoms with E-state index in [1.54, 1.807) is 0 Å². The third-order valence-electron chi connectivity index (χ3n) is 6.06. The first-order valence-corrected chi connectivity index (χ1v) is 10.3. The Balaban J connectivity index is 0.00000225. The summed E-state index contributed by atoms with van der Waals surface area (Å²) in [5, 5.41) is 8.10. The van der Waals surface area contributed by atoms with Crippen molar-refractivity contribution in [2.75, 3.05) is 26.7 Å². The summed E-state index contributed by atoms with van der Waals surface area (Å²) in [4.78, 5) is 15.3. The number of aryl methyl sites for hydroxylation is 1. The molecule has 1 saturated heterocycles. The van der Waals surface area contributed by atoms with Gasteiger partial charge in [0.1, 0.15) is 0 Å². The smallest absolute Gasteiger partial charge is 0.274 e. The van der Waals surface area contributed by atoms with E-state index in [1.165, 1.54) is 23.2 Å². The highest BCUT2D eigenvalue weighted by atomic mass is 35.5. The van der Waals surface area contributed by atoms with Crippen LogP contribution in [0.2, 0.25) is 0 Å². The highest BCUT2D eigenvalue weighted by Gasteiger charge is 2.30. The van der Waals surface area contributed by atoms with E-state index in [0.717, 1.165) is 57.4 Å². The lowest BCUT2D eigenvalue weighted by Gasteiger charge is -2.31. The van der Waals surface area contributed by atoms with E-state index in [0.29, 0.717) is 11.6 Å². The maximum atomic E-state index is 13.3. The van der Waals surface area contributed by atoms with Gasteiger partial charge in [0.25, 0.3) is 5.91 Å². The zero-order valence-corrected chi connectivity index (χ0v) is 17.7. The van der Waals surface area contributed by atoms with Crippen molar-refractivity contribution in [3.63, 3.8) is 0 Å². The summed E-state index contributed by atoms with van der Waals surface area (Å²) in [6, 6.07) is 8.43. The van der Waals surface area contributed by atoms with Crippen LogP contribution in [0.4, 0.5) is 0 Å². The van der Waals surface area contributed by atoms with Gasteiger partial charge in [0.05, 0.1) is 5.69 Å². The highest BCUT2D eigenvalue weighted by Crippen LogP contribution is 2.29. The standard InChI is InChI=1S/C22H30N4O.ClH/c1-16-7-9-18(10-8-16)26-20-6-4-3-5-19(20)21(24-26)22(27)25-13-11-17(12-14-25)15-23-2;/h7-10,17,23H,3-6,11-15H2,1-2H3;1H. The molecule has 5 nitrogen and oxygen atoms in total. The summed E-state index contributed by atoms with van der Waals surface area (Å²) in [6.45, 7) is 4.82. The van der Waals surface area contributed by atoms with Gasteiger partial charge in [-0.25, -0.2) is 4.68 Å². The van der Waals surface area contributed by atoms with Crippen molar-refractivity contribution in [2.45, 2.75) is 45.4 Å². The van der Waals surface area contributed by atoms with Crippen LogP contribution in [0.3, 0.4) is 0 Å². The molecule has 2 heterocycles. The number of rotatable bonds is 4. The van der Waals surface area contributed by atoms with Gasteiger partial charge < -0.3 is 10.2 Å². The van der Waals surface area contributed by atoms with Gasteiger partial charge in [-0.2, -0.15) is 5.10 Å². The Hall–Kier alpha value is -1.85. The summed E-state index contributed by atoms with van der Waals surface area (Å²) in [5.41, 5.74) is 5.41. The number of carbonyl (C=O) groups excluding carboxylic acids is 1. The average Bonchev–Trinajstić information content (AvgIpc) is 3.09. The van der Waals surface area contributed by atoms with E-state index in [2.05, 4.69) is 36.5 Å². The fourth-order valence-electron chi connectivity index (χ4n) is 4.45. The molecule has 0 spiro atoms. The van der Waals surface area contributed by atoms with Crippen LogP contribution in [0.5, 0.6) is 0 Å². The first-order valence-electron chi connectivity index (χ1n) is 10.3. The van der Waals surface area contributed by atoms with Crippen LogP contribution in [0.1, 0.15) is 53.0 Å². The van der Waals surface area contributed by atoms with Gasteiger partial charge in [-0.05, 0) is 77.1 Å². The van der Waals surface area contributed by atoms with Crippen molar-refractivity contribution in [3.8, 4) is 5.69 Å². The second-order valence-electron chi connectivity index (χ2n) is 8.02. The molecule has 0 bridgehead atoms. The fourth-order valence-corrected chi connectivity index (χ4v) is 4.45. The molecule has 1 fully saturated rings. The summed E-state index contributed by atoms with van der Waals surface area (Å²) in [5.74, 6) is 0.806. The molecule has 0 atom stereocenters. The molecule has 0 unspecified atom stereocenters. The first kappa shape index (κ1) is 20.9. The number of hydrogen-bond donors (Lipinski definition) is 1. The van der Waals surface area contributed by atoms with Crippen LogP contribution in [0.15, 0.2) is 24.3 Å². The number of carbonyl (C=O) groups is 1. The number of hydrogen-bond acceptors (Lipinski definition) is 3. The summed E-state index contributed by atoms with van der Waals surface area (Å²) < 4.78 is 2.02. The number of amides is 1. The number of fused-ring (bicyclic) bond motifs is 1. The molecule has 2 aromatic rings. The molecular formula is C22H31ClN4O. The maximum absolute atomic E-state index is 13.3. The zero-order valence-electron chi connectivity index (χ0n) is 16.9. The molecule has 4 rings (SSSR count). The third-order valence-corrected chi connectivity index (χ3v) is 6.06. The van der Waals surface area contributed by atoms with Gasteiger partial charge in [0.2, 0.25) is 0 Å². The second-order valence-corrected chi connectivity index (χ2v) is 8.02. The molecule has 6 heteroatoms. The van der Waals surface area contributed by atoms with Gasteiger partial charge in [0.15, 0.2) is 5.69 Å². The lowest BCUT2D eigenvalue weighted by molar-refractivity contribution is 0.0683. The third kappa shape index (κ3) is 4.11. The Morgan fingerprint density at radius 2 is 1.82 bits per heavy atom. The van der Waals surface area contributed by atoms with Crippen LogP contribution >= 0.6 is 12.4 Å². The Labute approximate surface area is 173 Å². The molecule has 1 aromatic carbocycles. The number of nitrogens with one attached hydrogen (secondary N) is 1. The molecule has 152 valence electrons.